The molecule has 0 aliphatic heterocycles. The van der Waals surface area contributed by atoms with Crippen LogP contribution in [-0.4, -0.2) is 47.9 Å². The van der Waals surface area contributed by atoms with Gasteiger partial charge in [-0.25, -0.2) is 0 Å². The first-order chi connectivity index (χ1) is 10.5. The van der Waals surface area contributed by atoms with Crippen molar-refractivity contribution in [1.29, 1.82) is 0 Å². The fourth-order valence-corrected chi connectivity index (χ4v) is 1.86. The van der Waals surface area contributed by atoms with E-state index in [1.165, 1.54) is 0 Å². The highest BCUT2D eigenvalue weighted by Crippen LogP contribution is 2.08. The van der Waals surface area contributed by atoms with Crippen LogP contribution in [0.15, 0.2) is 24.3 Å². The molecule has 1 aromatic carbocycles. The quantitative estimate of drug-likeness (QED) is 0.717. The summed E-state index contributed by atoms with van der Waals surface area (Å²) in [6, 6.07) is 6.57. The number of hydrogen-bond donors (Lipinski definition) is 2. The molecule has 2 N–H and O–H groups in total. The van der Waals surface area contributed by atoms with Crippen molar-refractivity contribution in [2.24, 2.45) is 0 Å². The normalized spacial score (nSPS) is 10.1. The van der Waals surface area contributed by atoms with Gasteiger partial charge in [0.25, 0.3) is 11.8 Å². The van der Waals surface area contributed by atoms with Gasteiger partial charge in [-0.15, -0.1) is 0 Å². The molecule has 0 spiro atoms. The smallest absolute Gasteiger partial charge is 0.303 e. The van der Waals surface area contributed by atoms with Crippen molar-refractivity contribution in [3.63, 3.8) is 0 Å². The Balaban J connectivity index is 2.56. The van der Waals surface area contributed by atoms with Crippen LogP contribution in [-0.2, 0) is 4.79 Å². The van der Waals surface area contributed by atoms with Gasteiger partial charge in [-0.2, -0.15) is 0 Å². The number of carbonyl (C=O) groups excluding carboxylic acids is 2. The monoisotopic (exact) mass is 306 g/mol. The number of benzene rings is 1. The van der Waals surface area contributed by atoms with Crippen LogP contribution in [0.1, 0.15) is 46.9 Å². The number of aliphatic carboxylic acids is 1. The third-order valence-corrected chi connectivity index (χ3v) is 3.30. The maximum Gasteiger partial charge on any atom is 0.303 e. The summed E-state index contributed by atoms with van der Waals surface area (Å²) in [5.41, 5.74) is 0.900. The Morgan fingerprint density at radius 1 is 1.18 bits per heavy atom. The third kappa shape index (κ3) is 5.55. The van der Waals surface area contributed by atoms with Crippen LogP contribution < -0.4 is 5.32 Å². The molecule has 0 saturated carbocycles. The van der Waals surface area contributed by atoms with Crippen molar-refractivity contribution in [2.75, 3.05) is 20.1 Å². The molecule has 0 heterocycles. The zero-order valence-electron chi connectivity index (χ0n) is 13.0. The van der Waals surface area contributed by atoms with Gasteiger partial charge in [0.1, 0.15) is 0 Å². The fraction of sp³-hybridized carbons (Fsp3) is 0.438. The van der Waals surface area contributed by atoms with E-state index in [0.29, 0.717) is 37.1 Å². The molecule has 0 aromatic heterocycles. The minimum Gasteiger partial charge on any atom is -0.481 e. The fourth-order valence-electron chi connectivity index (χ4n) is 1.86. The van der Waals surface area contributed by atoms with Crippen LogP contribution in [0.25, 0.3) is 0 Å². The van der Waals surface area contributed by atoms with E-state index in [1.807, 2.05) is 6.92 Å². The molecule has 1 aromatic rings. The van der Waals surface area contributed by atoms with Crippen molar-refractivity contribution in [3.8, 4) is 0 Å². The number of nitrogens with one attached hydrogen (secondary N) is 1. The summed E-state index contributed by atoms with van der Waals surface area (Å²) >= 11 is 0. The molecule has 2 amide bonds. The molecule has 0 aliphatic carbocycles. The van der Waals surface area contributed by atoms with Gasteiger partial charge in [-0.1, -0.05) is 6.07 Å². The topological polar surface area (TPSA) is 86.7 Å². The summed E-state index contributed by atoms with van der Waals surface area (Å²) in [7, 11) is 1.71. The van der Waals surface area contributed by atoms with Gasteiger partial charge in [-0.05, 0) is 38.0 Å². The van der Waals surface area contributed by atoms with E-state index in [9.17, 15) is 14.4 Å². The molecule has 0 atom stereocenters. The van der Waals surface area contributed by atoms with E-state index < -0.39 is 5.97 Å². The summed E-state index contributed by atoms with van der Waals surface area (Å²) in [5, 5.41) is 11.2. The number of carbonyl (C=O) groups is 3. The van der Waals surface area contributed by atoms with Crippen LogP contribution in [0.3, 0.4) is 0 Å². The van der Waals surface area contributed by atoms with E-state index in [2.05, 4.69) is 5.32 Å². The number of hydrogen-bond acceptors (Lipinski definition) is 3. The highest BCUT2D eigenvalue weighted by atomic mass is 16.4. The van der Waals surface area contributed by atoms with Gasteiger partial charge in [0.2, 0.25) is 0 Å². The van der Waals surface area contributed by atoms with Gasteiger partial charge in [0.05, 0.1) is 0 Å². The zero-order chi connectivity index (χ0) is 16.5. The molecular formula is C16H22N2O4. The molecule has 1 rings (SSSR count). The number of unbranched alkanes of at least 4 members (excludes halogenated alkanes) is 1. The largest absolute Gasteiger partial charge is 0.481 e. The lowest BCUT2D eigenvalue weighted by molar-refractivity contribution is -0.137. The third-order valence-electron chi connectivity index (χ3n) is 3.30. The minimum absolute atomic E-state index is 0.100. The second-order valence-electron chi connectivity index (χ2n) is 5.01. The molecule has 0 unspecified atom stereocenters. The summed E-state index contributed by atoms with van der Waals surface area (Å²) in [6.45, 7) is 2.89. The number of nitrogens with zero attached hydrogens (tertiary/aromatic N) is 1. The Kier molecular flexibility index (Phi) is 7.08. The molecular weight excluding hydrogens is 284 g/mol. The summed E-state index contributed by atoms with van der Waals surface area (Å²) in [5.74, 6) is -1.22. The van der Waals surface area contributed by atoms with Crippen molar-refractivity contribution in [2.45, 2.75) is 26.2 Å². The first-order valence-electron chi connectivity index (χ1n) is 7.31. The Hall–Kier alpha value is -2.37. The van der Waals surface area contributed by atoms with Crippen LogP contribution >= 0.6 is 0 Å². The molecule has 0 fully saturated rings. The second-order valence-corrected chi connectivity index (χ2v) is 5.01. The van der Waals surface area contributed by atoms with Gasteiger partial charge in [-0.3, -0.25) is 14.4 Å². The Morgan fingerprint density at radius 2 is 1.86 bits per heavy atom. The predicted octanol–water partition coefficient (Wildman–Crippen LogP) is 1.76. The van der Waals surface area contributed by atoms with Crippen molar-refractivity contribution < 1.29 is 19.5 Å². The standard InChI is InChI=1S/C16H22N2O4/c1-3-18(2)16(22)13-8-6-7-12(11-13)15(21)17-10-5-4-9-14(19)20/h6-8,11H,3-5,9-10H2,1-2H3,(H,17,21)(H,19,20). The van der Waals surface area contributed by atoms with E-state index in [4.69, 9.17) is 5.11 Å². The molecule has 6 nitrogen and oxygen atoms in total. The minimum atomic E-state index is -0.836. The molecule has 6 heteroatoms. The lowest BCUT2D eigenvalue weighted by Crippen LogP contribution is -2.27. The van der Waals surface area contributed by atoms with Gasteiger partial charge in [0, 0.05) is 37.7 Å². The number of amides is 2. The highest BCUT2D eigenvalue weighted by molar-refractivity contribution is 5.99. The average Bonchev–Trinajstić information content (AvgIpc) is 2.52. The molecule has 0 aliphatic rings. The second kappa shape index (κ2) is 8.81. The van der Waals surface area contributed by atoms with Gasteiger partial charge >= 0.3 is 5.97 Å². The maximum absolute atomic E-state index is 12.1. The summed E-state index contributed by atoms with van der Waals surface area (Å²) < 4.78 is 0. The first kappa shape index (κ1) is 17.7. The zero-order valence-corrected chi connectivity index (χ0v) is 13.0. The number of carboxylic acid groups (broad SMARTS) is 1. The van der Waals surface area contributed by atoms with Crippen LogP contribution in [0.5, 0.6) is 0 Å². The van der Waals surface area contributed by atoms with E-state index >= 15 is 0 Å². The van der Waals surface area contributed by atoms with E-state index in [-0.39, 0.29) is 18.2 Å². The average molecular weight is 306 g/mol. The van der Waals surface area contributed by atoms with Crippen LogP contribution in [0.4, 0.5) is 0 Å². The van der Waals surface area contributed by atoms with E-state index in [0.717, 1.165) is 0 Å². The lowest BCUT2D eigenvalue weighted by Gasteiger charge is -2.14. The lowest BCUT2D eigenvalue weighted by atomic mass is 10.1. The molecule has 0 radical (unpaired) electrons. The SMILES string of the molecule is CCN(C)C(=O)c1cccc(C(=O)NCCCCC(=O)O)c1. The summed E-state index contributed by atoms with van der Waals surface area (Å²) in [6.07, 6.45) is 1.23. The summed E-state index contributed by atoms with van der Waals surface area (Å²) in [4.78, 5) is 36.0. The maximum atomic E-state index is 12.1. The Labute approximate surface area is 130 Å². The molecule has 22 heavy (non-hydrogen) atoms. The molecule has 0 saturated heterocycles. The highest BCUT2D eigenvalue weighted by Gasteiger charge is 2.12. The Bertz CT molecular complexity index is 543. The van der Waals surface area contributed by atoms with E-state index in [1.54, 1.807) is 36.2 Å². The van der Waals surface area contributed by atoms with Gasteiger partial charge in [0.15, 0.2) is 0 Å². The van der Waals surface area contributed by atoms with Crippen molar-refractivity contribution >= 4 is 17.8 Å². The predicted molar refractivity (Wildman–Crippen MR) is 82.9 cm³/mol. The number of rotatable bonds is 8. The molecule has 0 bridgehead atoms. The first-order valence-corrected chi connectivity index (χ1v) is 7.31. The van der Waals surface area contributed by atoms with Crippen LogP contribution in [0.2, 0.25) is 0 Å². The molecule has 120 valence electrons. The van der Waals surface area contributed by atoms with Crippen LogP contribution in [0, 0.1) is 0 Å². The van der Waals surface area contributed by atoms with Crippen molar-refractivity contribution in [3.05, 3.63) is 35.4 Å². The Morgan fingerprint density at radius 3 is 2.50 bits per heavy atom. The van der Waals surface area contributed by atoms with Crippen molar-refractivity contribution in [1.82, 2.24) is 10.2 Å². The number of carboxylic acids is 1. The van der Waals surface area contributed by atoms with Gasteiger partial charge < -0.3 is 15.3 Å².